The van der Waals surface area contributed by atoms with Gasteiger partial charge < -0.3 is 4.74 Å². The first-order valence-electron chi connectivity index (χ1n) is 2.01. The fraction of sp³-hybridized carbons (Fsp3) is 0. The van der Waals surface area contributed by atoms with Crippen LogP contribution < -0.4 is 0 Å². The van der Waals surface area contributed by atoms with Gasteiger partial charge in [-0.2, -0.15) is 5.26 Å². The fourth-order valence-corrected chi connectivity index (χ4v) is 0.745. The molecule has 0 aromatic carbocycles. The highest BCUT2D eigenvalue weighted by Gasteiger charge is 1.94. The van der Waals surface area contributed by atoms with E-state index in [1.165, 1.54) is 18.0 Å². The SMILES string of the molecule is N#CC1=CSC=CO1. The lowest BCUT2D eigenvalue weighted by atomic mass is 10.6. The lowest BCUT2D eigenvalue weighted by molar-refractivity contribution is 0.373. The first-order chi connectivity index (χ1) is 3.93. The van der Waals surface area contributed by atoms with E-state index in [1.807, 2.05) is 6.07 Å². The van der Waals surface area contributed by atoms with Crippen molar-refractivity contribution in [2.45, 2.75) is 0 Å². The molecule has 0 fully saturated rings. The molecule has 0 aromatic rings. The van der Waals surface area contributed by atoms with Gasteiger partial charge in [0.2, 0.25) is 5.76 Å². The molecule has 40 valence electrons. The Balaban J connectivity index is 2.59. The van der Waals surface area contributed by atoms with E-state index in [0.29, 0.717) is 5.76 Å². The molecule has 1 aliphatic heterocycles. The molecule has 0 saturated carbocycles. The molecule has 0 aliphatic carbocycles. The molecule has 1 aliphatic rings. The zero-order chi connectivity index (χ0) is 5.82. The van der Waals surface area contributed by atoms with Gasteiger partial charge in [0.05, 0.1) is 6.26 Å². The molecular formula is C5H3NOS. The maximum absolute atomic E-state index is 8.20. The highest BCUT2D eigenvalue weighted by Crippen LogP contribution is 2.14. The van der Waals surface area contributed by atoms with E-state index in [1.54, 1.807) is 10.8 Å². The highest BCUT2D eigenvalue weighted by atomic mass is 32.2. The molecule has 1 heterocycles. The largest absolute Gasteiger partial charge is 0.453 e. The molecule has 2 nitrogen and oxygen atoms in total. The summed E-state index contributed by atoms with van der Waals surface area (Å²) in [5.74, 6) is 0.359. The molecule has 0 spiro atoms. The van der Waals surface area contributed by atoms with Gasteiger partial charge in [0.1, 0.15) is 6.07 Å². The predicted molar refractivity (Wildman–Crippen MR) is 31.5 cm³/mol. The molecule has 0 saturated heterocycles. The molecule has 3 heteroatoms. The lowest BCUT2D eigenvalue weighted by Crippen LogP contribution is -1.81. The normalized spacial score (nSPS) is 16.1. The lowest BCUT2D eigenvalue weighted by Gasteiger charge is -1.98. The minimum atomic E-state index is 0.359. The van der Waals surface area contributed by atoms with Crippen LogP contribution in [0.25, 0.3) is 0 Å². The summed E-state index contributed by atoms with van der Waals surface area (Å²) >= 11 is 1.44. The summed E-state index contributed by atoms with van der Waals surface area (Å²) < 4.78 is 4.73. The summed E-state index contributed by atoms with van der Waals surface area (Å²) in [5.41, 5.74) is 0. The molecule has 1 rings (SSSR count). The minimum Gasteiger partial charge on any atom is -0.453 e. The standard InChI is InChI=1S/C5H3NOS/c6-3-5-4-8-2-1-7-5/h1-2,4H. The van der Waals surface area contributed by atoms with Gasteiger partial charge in [-0.3, -0.25) is 0 Å². The maximum Gasteiger partial charge on any atom is 0.209 e. The van der Waals surface area contributed by atoms with Crippen molar-refractivity contribution in [2.24, 2.45) is 0 Å². The summed E-state index contributed by atoms with van der Waals surface area (Å²) in [7, 11) is 0. The van der Waals surface area contributed by atoms with Crippen LogP contribution in [0.4, 0.5) is 0 Å². The van der Waals surface area contributed by atoms with Crippen molar-refractivity contribution >= 4 is 11.8 Å². The van der Waals surface area contributed by atoms with E-state index < -0.39 is 0 Å². The number of hydrogen-bond acceptors (Lipinski definition) is 3. The Hall–Kier alpha value is -0.880. The Morgan fingerprint density at radius 2 is 2.62 bits per heavy atom. The van der Waals surface area contributed by atoms with Crippen LogP contribution in [-0.4, -0.2) is 0 Å². The Morgan fingerprint density at radius 1 is 1.75 bits per heavy atom. The Labute approximate surface area is 51.4 Å². The van der Waals surface area contributed by atoms with Crippen molar-refractivity contribution in [3.63, 3.8) is 0 Å². The third kappa shape index (κ3) is 1.04. The second-order valence-corrected chi connectivity index (χ2v) is 1.90. The number of allylic oxidation sites excluding steroid dienone is 1. The smallest absolute Gasteiger partial charge is 0.209 e. The Morgan fingerprint density at radius 3 is 3.00 bits per heavy atom. The zero-order valence-electron chi connectivity index (χ0n) is 4.00. The zero-order valence-corrected chi connectivity index (χ0v) is 4.81. The summed E-state index contributed by atoms with van der Waals surface area (Å²) in [4.78, 5) is 0. The van der Waals surface area contributed by atoms with Gasteiger partial charge in [0.25, 0.3) is 0 Å². The topological polar surface area (TPSA) is 33.0 Å². The van der Waals surface area contributed by atoms with E-state index in [0.717, 1.165) is 0 Å². The average molecular weight is 125 g/mol. The van der Waals surface area contributed by atoms with Gasteiger partial charge in [0.15, 0.2) is 0 Å². The third-order valence-electron chi connectivity index (χ3n) is 0.614. The van der Waals surface area contributed by atoms with Crippen molar-refractivity contribution in [2.75, 3.05) is 0 Å². The van der Waals surface area contributed by atoms with Gasteiger partial charge in [-0.25, -0.2) is 0 Å². The summed E-state index contributed by atoms with van der Waals surface area (Å²) in [6, 6.07) is 1.87. The number of hydrogen-bond donors (Lipinski definition) is 0. The number of rotatable bonds is 0. The molecule has 8 heavy (non-hydrogen) atoms. The number of thioether (sulfide) groups is 1. The fourth-order valence-electron chi connectivity index (χ4n) is 0.315. The molecule has 0 unspecified atom stereocenters. The van der Waals surface area contributed by atoms with Crippen LogP contribution in [0.3, 0.4) is 0 Å². The van der Waals surface area contributed by atoms with E-state index >= 15 is 0 Å². The Bertz CT molecular complexity index is 177. The van der Waals surface area contributed by atoms with Crippen molar-refractivity contribution in [3.8, 4) is 6.07 Å². The van der Waals surface area contributed by atoms with E-state index in [9.17, 15) is 0 Å². The van der Waals surface area contributed by atoms with E-state index in [2.05, 4.69) is 0 Å². The van der Waals surface area contributed by atoms with Crippen LogP contribution in [-0.2, 0) is 4.74 Å². The van der Waals surface area contributed by atoms with Gasteiger partial charge >= 0.3 is 0 Å². The first-order valence-corrected chi connectivity index (χ1v) is 2.95. The van der Waals surface area contributed by atoms with Crippen LogP contribution in [0.2, 0.25) is 0 Å². The van der Waals surface area contributed by atoms with Crippen LogP contribution in [0.15, 0.2) is 22.8 Å². The summed E-state index contributed by atoms with van der Waals surface area (Å²) in [6.07, 6.45) is 1.49. The van der Waals surface area contributed by atoms with Crippen LogP contribution >= 0.6 is 11.8 Å². The predicted octanol–water partition coefficient (Wildman–Crippen LogP) is 1.59. The average Bonchev–Trinajstić information content (AvgIpc) is 1.90. The highest BCUT2D eigenvalue weighted by molar-refractivity contribution is 8.04. The molecular weight excluding hydrogens is 122 g/mol. The van der Waals surface area contributed by atoms with Gasteiger partial charge in [-0.15, -0.1) is 0 Å². The Kier molecular flexibility index (Phi) is 1.60. The van der Waals surface area contributed by atoms with Crippen molar-refractivity contribution in [1.29, 1.82) is 5.26 Å². The van der Waals surface area contributed by atoms with Gasteiger partial charge in [-0.05, 0) is 0 Å². The molecule has 0 N–H and O–H groups in total. The van der Waals surface area contributed by atoms with Crippen molar-refractivity contribution < 1.29 is 4.74 Å². The maximum atomic E-state index is 8.20. The first kappa shape index (κ1) is 5.26. The summed E-state index contributed by atoms with van der Waals surface area (Å²) in [6.45, 7) is 0. The molecule has 0 radical (unpaired) electrons. The number of ether oxygens (including phenoxy) is 1. The van der Waals surface area contributed by atoms with E-state index in [-0.39, 0.29) is 0 Å². The third-order valence-corrected chi connectivity index (χ3v) is 1.23. The van der Waals surface area contributed by atoms with Crippen LogP contribution in [0, 0.1) is 11.3 Å². The summed E-state index contributed by atoms with van der Waals surface area (Å²) in [5, 5.41) is 11.6. The second kappa shape index (κ2) is 2.43. The molecule has 0 bridgehead atoms. The van der Waals surface area contributed by atoms with E-state index in [4.69, 9.17) is 10.00 Å². The van der Waals surface area contributed by atoms with Gasteiger partial charge in [-0.1, -0.05) is 11.8 Å². The molecule has 0 aromatic heterocycles. The van der Waals surface area contributed by atoms with Crippen molar-refractivity contribution in [1.82, 2.24) is 0 Å². The van der Waals surface area contributed by atoms with Gasteiger partial charge in [0, 0.05) is 10.8 Å². The minimum absolute atomic E-state index is 0.359. The number of nitriles is 1. The van der Waals surface area contributed by atoms with Crippen LogP contribution in [0.1, 0.15) is 0 Å². The number of nitrogens with zero attached hydrogens (tertiary/aromatic N) is 1. The monoisotopic (exact) mass is 125 g/mol. The molecule has 0 amide bonds. The second-order valence-electron chi connectivity index (χ2n) is 1.12. The van der Waals surface area contributed by atoms with Crippen molar-refractivity contribution in [3.05, 3.63) is 22.8 Å². The molecule has 0 atom stereocenters. The quantitative estimate of drug-likeness (QED) is 0.492. The van der Waals surface area contributed by atoms with Crippen LogP contribution in [0.5, 0.6) is 0 Å².